The monoisotopic (exact) mass is 292 g/mol. The highest BCUT2D eigenvalue weighted by Gasteiger charge is 1.99. The molecule has 0 saturated heterocycles. The van der Waals surface area contributed by atoms with Crippen LogP contribution in [-0.2, 0) is 0 Å². The van der Waals surface area contributed by atoms with Gasteiger partial charge in [-0.05, 0) is 40.8 Å². The minimum Gasteiger partial charge on any atom is -0.395 e. The Hall–Kier alpha value is -0.200. The van der Waals surface area contributed by atoms with Gasteiger partial charge in [-0.15, -0.1) is 0 Å². The lowest BCUT2D eigenvalue weighted by Crippen LogP contribution is -2.41. The van der Waals surface area contributed by atoms with Crippen LogP contribution in [0.15, 0.2) is 0 Å². The van der Waals surface area contributed by atoms with E-state index in [2.05, 4.69) is 43.2 Å². The molecule has 5 N–H and O–H groups in total. The smallest absolute Gasteiger partial charge is 0.0558 e. The molecule has 0 heterocycles. The summed E-state index contributed by atoms with van der Waals surface area (Å²) in [6.07, 6.45) is 1.55. The summed E-state index contributed by atoms with van der Waals surface area (Å²) in [7, 11) is 1.94. The molecule has 0 aliphatic heterocycles. The third-order valence-corrected chi connectivity index (χ3v) is 2.42. The van der Waals surface area contributed by atoms with Crippen molar-refractivity contribution in [3.8, 4) is 0 Å². The molecule has 0 radical (unpaired) electrons. The average Bonchev–Trinajstić information content (AvgIpc) is 2.42. The first-order valence-electron chi connectivity index (χ1n) is 7.98. The molecule has 0 aromatic carbocycles. The summed E-state index contributed by atoms with van der Waals surface area (Å²) in [6.45, 7) is 16.1. The van der Waals surface area contributed by atoms with Gasteiger partial charge in [-0.2, -0.15) is 0 Å². The number of rotatable bonds is 9. The van der Waals surface area contributed by atoms with Crippen LogP contribution in [0.1, 0.15) is 48.0 Å². The minimum atomic E-state index is 0.236. The van der Waals surface area contributed by atoms with Crippen LogP contribution in [-0.4, -0.2) is 62.0 Å². The number of aliphatic hydroxyl groups excluding tert-OH is 1. The highest BCUT2D eigenvalue weighted by molar-refractivity contribution is 4.57. The van der Waals surface area contributed by atoms with E-state index in [1.165, 1.54) is 0 Å². The van der Waals surface area contributed by atoms with E-state index in [0.717, 1.165) is 26.1 Å². The highest BCUT2D eigenvalue weighted by atomic mass is 16.3. The molecule has 0 spiro atoms. The van der Waals surface area contributed by atoms with Crippen molar-refractivity contribution in [3.05, 3.63) is 0 Å². The van der Waals surface area contributed by atoms with Crippen molar-refractivity contribution in [3.63, 3.8) is 0 Å². The Morgan fingerprint density at radius 1 is 1.10 bits per heavy atom. The van der Waals surface area contributed by atoms with Crippen molar-refractivity contribution in [2.24, 2.45) is 5.73 Å². The van der Waals surface area contributed by atoms with E-state index in [1.54, 1.807) is 0 Å². The molecular weight excluding hydrogens is 252 g/mol. The second-order valence-electron chi connectivity index (χ2n) is 4.69. The Morgan fingerprint density at radius 3 is 1.90 bits per heavy atom. The van der Waals surface area contributed by atoms with Crippen LogP contribution in [0.2, 0.25) is 0 Å². The van der Waals surface area contributed by atoms with Gasteiger partial charge < -0.3 is 16.2 Å². The SMILES string of the molecule is CC.CCCN(CCN)CCO.CNC(C)NC(C)C. The summed E-state index contributed by atoms with van der Waals surface area (Å²) in [4.78, 5) is 2.17. The Labute approximate surface area is 127 Å². The van der Waals surface area contributed by atoms with Gasteiger partial charge in [0, 0.05) is 25.7 Å². The lowest BCUT2D eigenvalue weighted by atomic mass is 10.4. The number of aliphatic hydroxyl groups is 1. The molecule has 1 unspecified atom stereocenters. The van der Waals surface area contributed by atoms with Crippen LogP contribution in [0.25, 0.3) is 0 Å². The van der Waals surface area contributed by atoms with Crippen molar-refractivity contribution in [2.75, 3.05) is 39.8 Å². The topological polar surface area (TPSA) is 73.5 Å². The quantitative estimate of drug-likeness (QED) is 0.481. The first-order valence-corrected chi connectivity index (χ1v) is 7.98. The summed E-state index contributed by atoms with van der Waals surface area (Å²) in [5, 5.41) is 15.0. The molecule has 0 bridgehead atoms. The molecule has 0 rings (SSSR count). The third-order valence-electron chi connectivity index (χ3n) is 2.42. The van der Waals surface area contributed by atoms with Gasteiger partial charge in [-0.3, -0.25) is 10.2 Å². The fourth-order valence-corrected chi connectivity index (χ4v) is 1.56. The van der Waals surface area contributed by atoms with Crippen LogP contribution in [0.5, 0.6) is 0 Å². The number of nitrogens with two attached hydrogens (primary N) is 1. The molecule has 0 aromatic heterocycles. The van der Waals surface area contributed by atoms with Crippen LogP contribution in [0.3, 0.4) is 0 Å². The molecule has 20 heavy (non-hydrogen) atoms. The summed E-state index contributed by atoms with van der Waals surface area (Å²) in [5.74, 6) is 0. The molecule has 5 heteroatoms. The maximum atomic E-state index is 8.61. The van der Waals surface area contributed by atoms with E-state index in [4.69, 9.17) is 10.8 Å². The largest absolute Gasteiger partial charge is 0.395 e. The van der Waals surface area contributed by atoms with Gasteiger partial charge in [0.25, 0.3) is 0 Å². The standard InChI is InChI=1S/C7H18N2O.C6H16N2.C2H6/c1-2-4-9(5-3-8)6-7-10;1-5(2)8-6(3)7-4;1-2/h10H,2-8H2,1H3;5-8H,1-4H3;1-2H3. The average molecular weight is 293 g/mol. The van der Waals surface area contributed by atoms with Gasteiger partial charge >= 0.3 is 0 Å². The minimum absolute atomic E-state index is 0.236. The van der Waals surface area contributed by atoms with Gasteiger partial charge in [-0.1, -0.05) is 20.8 Å². The molecule has 126 valence electrons. The zero-order valence-electron chi connectivity index (χ0n) is 14.9. The predicted molar refractivity (Wildman–Crippen MR) is 91.0 cm³/mol. The number of nitrogens with zero attached hydrogens (tertiary/aromatic N) is 1. The van der Waals surface area contributed by atoms with Gasteiger partial charge in [0.2, 0.25) is 0 Å². The lowest BCUT2D eigenvalue weighted by molar-refractivity contribution is 0.199. The second kappa shape index (κ2) is 21.1. The molecular formula is C15H40N4O. The van der Waals surface area contributed by atoms with E-state index in [1.807, 2.05) is 20.9 Å². The molecule has 0 aliphatic rings. The van der Waals surface area contributed by atoms with Crippen LogP contribution in [0, 0.1) is 0 Å². The second-order valence-corrected chi connectivity index (χ2v) is 4.69. The Bertz CT molecular complexity index is 143. The van der Waals surface area contributed by atoms with Crippen LogP contribution >= 0.6 is 0 Å². The van der Waals surface area contributed by atoms with E-state index >= 15 is 0 Å². The summed E-state index contributed by atoms with van der Waals surface area (Å²) < 4.78 is 0. The highest BCUT2D eigenvalue weighted by Crippen LogP contribution is 1.88. The number of nitrogens with one attached hydrogen (secondary N) is 2. The zero-order valence-corrected chi connectivity index (χ0v) is 14.9. The Kier molecular flexibility index (Phi) is 26.2. The van der Waals surface area contributed by atoms with Crippen molar-refractivity contribution in [1.29, 1.82) is 0 Å². The summed E-state index contributed by atoms with van der Waals surface area (Å²) in [6, 6.07) is 0.567. The Balaban J connectivity index is -0.000000262. The van der Waals surface area contributed by atoms with Crippen molar-refractivity contribution in [2.45, 2.75) is 60.2 Å². The molecule has 0 amide bonds. The summed E-state index contributed by atoms with van der Waals surface area (Å²) in [5.41, 5.74) is 5.37. The van der Waals surface area contributed by atoms with E-state index in [-0.39, 0.29) is 6.61 Å². The molecule has 0 aliphatic carbocycles. The maximum absolute atomic E-state index is 8.61. The Morgan fingerprint density at radius 2 is 1.65 bits per heavy atom. The maximum Gasteiger partial charge on any atom is 0.0558 e. The van der Waals surface area contributed by atoms with Gasteiger partial charge in [-0.25, -0.2) is 0 Å². The zero-order chi connectivity index (χ0) is 16.4. The third kappa shape index (κ3) is 22.9. The van der Waals surface area contributed by atoms with Gasteiger partial charge in [0.15, 0.2) is 0 Å². The van der Waals surface area contributed by atoms with E-state index < -0.39 is 0 Å². The molecule has 0 aromatic rings. The van der Waals surface area contributed by atoms with E-state index in [0.29, 0.717) is 18.8 Å². The molecule has 1 atom stereocenters. The fourth-order valence-electron chi connectivity index (χ4n) is 1.56. The molecule has 0 saturated carbocycles. The van der Waals surface area contributed by atoms with Gasteiger partial charge in [0.05, 0.1) is 12.8 Å². The van der Waals surface area contributed by atoms with Crippen LogP contribution in [0.4, 0.5) is 0 Å². The number of hydrogen-bond acceptors (Lipinski definition) is 5. The van der Waals surface area contributed by atoms with E-state index in [9.17, 15) is 0 Å². The van der Waals surface area contributed by atoms with Gasteiger partial charge in [0.1, 0.15) is 0 Å². The first kappa shape index (κ1) is 24.8. The van der Waals surface area contributed by atoms with Crippen molar-refractivity contribution in [1.82, 2.24) is 15.5 Å². The fraction of sp³-hybridized carbons (Fsp3) is 1.00. The van der Waals surface area contributed by atoms with Crippen LogP contribution < -0.4 is 16.4 Å². The van der Waals surface area contributed by atoms with Crippen molar-refractivity contribution < 1.29 is 5.11 Å². The molecule has 0 fully saturated rings. The normalized spacial score (nSPS) is 11.6. The first-order chi connectivity index (χ1) is 9.51. The lowest BCUT2D eigenvalue weighted by Gasteiger charge is -2.18. The summed E-state index contributed by atoms with van der Waals surface area (Å²) >= 11 is 0. The predicted octanol–water partition coefficient (Wildman–Crippen LogP) is 1.23. The number of hydrogen-bond donors (Lipinski definition) is 4. The molecule has 5 nitrogen and oxygen atoms in total. The van der Waals surface area contributed by atoms with Crippen molar-refractivity contribution >= 4 is 0 Å².